The average molecular weight is 267 g/mol. The van der Waals surface area contributed by atoms with Crippen LogP contribution in [0.2, 0.25) is 0 Å². The molecular formula is C13H17NO5. The quantitative estimate of drug-likeness (QED) is 0.743. The van der Waals surface area contributed by atoms with Gasteiger partial charge in [0.1, 0.15) is 6.61 Å². The lowest BCUT2D eigenvalue weighted by atomic mass is 9.99. The summed E-state index contributed by atoms with van der Waals surface area (Å²) >= 11 is 0. The molecular weight excluding hydrogens is 250 g/mol. The van der Waals surface area contributed by atoms with Gasteiger partial charge < -0.3 is 20.3 Å². The Balaban J connectivity index is 2.52. The van der Waals surface area contributed by atoms with Crippen molar-refractivity contribution in [2.75, 3.05) is 0 Å². The van der Waals surface area contributed by atoms with Crippen LogP contribution in [0.25, 0.3) is 0 Å². The highest BCUT2D eigenvalue weighted by molar-refractivity contribution is 5.81. The number of carboxylic acids is 1. The number of carbonyl (C=O) groups excluding carboxylic acids is 1. The Morgan fingerprint density at radius 1 is 1.32 bits per heavy atom. The van der Waals surface area contributed by atoms with Crippen molar-refractivity contribution in [1.29, 1.82) is 0 Å². The number of ether oxygens (including phenoxy) is 1. The minimum Gasteiger partial charge on any atom is -0.480 e. The van der Waals surface area contributed by atoms with Gasteiger partial charge in [0.2, 0.25) is 0 Å². The van der Waals surface area contributed by atoms with Gasteiger partial charge in [-0.2, -0.15) is 0 Å². The predicted octanol–water partition coefficient (Wildman–Crippen LogP) is 1.14. The number of aliphatic hydroxyl groups is 1. The third-order valence-electron chi connectivity index (χ3n) is 2.43. The Morgan fingerprint density at radius 2 is 1.89 bits per heavy atom. The summed E-state index contributed by atoms with van der Waals surface area (Å²) < 4.78 is 4.88. The van der Waals surface area contributed by atoms with Crippen molar-refractivity contribution < 1.29 is 24.5 Å². The maximum atomic E-state index is 11.5. The molecule has 0 heterocycles. The van der Waals surface area contributed by atoms with Crippen LogP contribution in [0.4, 0.5) is 4.79 Å². The third-order valence-corrected chi connectivity index (χ3v) is 2.43. The normalized spacial score (nSPS) is 12.6. The monoisotopic (exact) mass is 267 g/mol. The second-order valence-electron chi connectivity index (χ2n) is 4.63. The van der Waals surface area contributed by atoms with Gasteiger partial charge in [0.15, 0.2) is 6.04 Å². The summed E-state index contributed by atoms with van der Waals surface area (Å²) in [5.41, 5.74) is -0.801. The molecule has 0 unspecified atom stereocenters. The van der Waals surface area contributed by atoms with Crippen molar-refractivity contribution >= 4 is 12.1 Å². The molecule has 0 saturated carbocycles. The smallest absolute Gasteiger partial charge is 0.408 e. The van der Waals surface area contributed by atoms with Gasteiger partial charge in [-0.25, -0.2) is 9.59 Å². The predicted molar refractivity (Wildman–Crippen MR) is 67.5 cm³/mol. The molecule has 0 spiro atoms. The fourth-order valence-corrected chi connectivity index (χ4v) is 1.42. The van der Waals surface area contributed by atoms with Gasteiger partial charge in [0.25, 0.3) is 0 Å². The third kappa shape index (κ3) is 4.97. The number of alkyl carbamates (subject to hydrolysis) is 1. The van der Waals surface area contributed by atoms with E-state index in [0.717, 1.165) is 5.56 Å². The van der Waals surface area contributed by atoms with E-state index in [4.69, 9.17) is 9.84 Å². The van der Waals surface area contributed by atoms with Crippen LogP contribution in [0.15, 0.2) is 30.3 Å². The molecule has 0 saturated heterocycles. The minimum atomic E-state index is -1.59. The first-order valence-corrected chi connectivity index (χ1v) is 5.73. The topological polar surface area (TPSA) is 95.9 Å². The van der Waals surface area contributed by atoms with Gasteiger partial charge in [-0.3, -0.25) is 0 Å². The molecule has 0 aliphatic carbocycles. The molecule has 1 rings (SSSR count). The SMILES string of the molecule is CC(C)(O)[C@@H](NC(=O)OCc1ccccc1)C(=O)O. The summed E-state index contributed by atoms with van der Waals surface area (Å²) in [6.07, 6.45) is -0.890. The molecule has 1 aromatic rings. The molecule has 0 aromatic heterocycles. The number of carboxylic acid groups (broad SMARTS) is 1. The molecule has 0 fully saturated rings. The number of hydrogen-bond donors (Lipinski definition) is 3. The lowest BCUT2D eigenvalue weighted by Crippen LogP contribution is -2.54. The van der Waals surface area contributed by atoms with E-state index >= 15 is 0 Å². The van der Waals surface area contributed by atoms with Gasteiger partial charge in [-0.15, -0.1) is 0 Å². The second kappa shape index (κ2) is 6.19. The molecule has 1 atom stereocenters. The van der Waals surface area contributed by atoms with Gasteiger partial charge >= 0.3 is 12.1 Å². The molecule has 6 heteroatoms. The van der Waals surface area contributed by atoms with Crippen LogP contribution in [0.3, 0.4) is 0 Å². The Bertz CT molecular complexity index is 438. The molecule has 19 heavy (non-hydrogen) atoms. The number of benzene rings is 1. The zero-order valence-electron chi connectivity index (χ0n) is 10.8. The lowest BCUT2D eigenvalue weighted by molar-refractivity contribution is -0.145. The fraction of sp³-hybridized carbons (Fsp3) is 0.385. The molecule has 1 amide bonds. The number of rotatable bonds is 5. The highest BCUT2D eigenvalue weighted by Gasteiger charge is 2.35. The number of hydrogen-bond acceptors (Lipinski definition) is 4. The molecule has 3 N–H and O–H groups in total. The van der Waals surface area contributed by atoms with E-state index in [-0.39, 0.29) is 6.61 Å². The number of amides is 1. The molecule has 6 nitrogen and oxygen atoms in total. The van der Waals surface area contributed by atoms with Gasteiger partial charge in [-0.1, -0.05) is 30.3 Å². The molecule has 0 aliphatic rings. The number of aliphatic carboxylic acids is 1. The van der Waals surface area contributed by atoms with Crippen LogP contribution in [0.5, 0.6) is 0 Å². The van der Waals surface area contributed by atoms with Gasteiger partial charge in [-0.05, 0) is 19.4 Å². The van der Waals surface area contributed by atoms with Crippen molar-refractivity contribution in [3.63, 3.8) is 0 Å². The molecule has 1 aromatic carbocycles. The van der Waals surface area contributed by atoms with Gasteiger partial charge in [0.05, 0.1) is 5.60 Å². The van der Waals surface area contributed by atoms with Crippen molar-refractivity contribution in [2.24, 2.45) is 0 Å². The Labute approximate surface area is 111 Å². The summed E-state index contributed by atoms with van der Waals surface area (Å²) in [6, 6.07) is 7.55. The maximum Gasteiger partial charge on any atom is 0.408 e. The first kappa shape index (κ1) is 15.0. The summed E-state index contributed by atoms with van der Waals surface area (Å²) in [4.78, 5) is 22.4. The number of carbonyl (C=O) groups is 2. The Hall–Kier alpha value is -2.08. The van der Waals surface area contributed by atoms with Gasteiger partial charge in [0, 0.05) is 0 Å². The summed E-state index contributed by atoms with van der Waals surface area (Å²) in [7, 11) is 0. The van der Waals surface area contributed by atoms with Crippen LogP contribution >= 0.6 is 0 Å². The Kier molecular flexibility index (Phi) is 4.88. The molecule has 0 bridgehead atoms. The van der Waals surface area contributed by atoms with E-state index < -0.39 is 23.7 Å². The first-order chi connectivity index (χ1) is 8.80. The average Bonchev–Trinajstić information content (AvgIpc) is 2.33. The standard InChI is InChI=1S/C13H17NO5/c1-13(2,18)10(11(15)16)14-12(17)19-8-9-6-4-3-5-7-9/h3-7,10,18H,8H2,1-2H3,(H,14,17)(H,15,16)/t10-/m0/s1. The molecule has 104 valence electrons. The van der Waals surface area contributed by atoms with Crippen molar-refractivity contribution in [2.45, 2.75) is 32.1 Å². The zero-order valence-corrected chi connectivity index (χ0v) is 10.8. The van der Waals surface area contributed by atoms with Crippen molar-refractivity contribution in [3.05, 3.63) is 35.9 Å². The highest BCUT2D eigenvalue weighted by atomic mass is 16.5. The van der Waals surface area contributed by atoms with Crippen LogP contribution in [0, 0.1) is 0 Å². The van der Waals surface area contributed by atoms with Crippen molar-refractivity contribution in [1.82, 2.24) is 5.32 Å². The van der Waals surface area contributed by atoms with E-state index in [1.54, 1.807) is 24.3 Å². The maximum absolute atomic E-state index is 11.5. The number of nitrogens with one attached hydrogen (secondary N) is 1. The second-order valence-corrected chi connectivity index (χ2v) is 4.63. The van der Waals surface area contributed by atoms with E-state index in [2.05, 4.69) is 5.32 Å². The van der Waals surface area contributed by atoms with Crippen LogP contribution in [-0.4, -0.2) is 33.9 Å². The minimum absolute atomic E-state index is 0.0326. The summed E-state index contributed by atoms with van der Waals surface area (Å²) in [5, 5.41) is 20.7. The van der Waals surface area contributed by atoms with Crippen LogP contribution in [0.1, 0.15) is 19.4 Å². The van der Waals surface area contributed by atoms with Crippen LogP contribution < -0.4 is 5.32 Å². The van der Waals surface area contributed by atoms with Crippen molar-refractivity contribution in [3.8, 4) is 0 Å². The first-order valence-electron chi connectivity index (χ1n) is 5.73. The zero-order chi connectivity index (χ0) is 14.5. The van der Waals surface area contributed by atoms with E-state index in [9.17, 15) is 14.7 Å². The van der Waals surface area contributed by atoms with E-state index in [1.807, 2.05) is 6.07 Å². The molecule has 0 aliphatic heterocycles. The fourth-order valence-electron chi connectivity index (χ4n) is 1.42. The Morgan fingerprint density at radius 3 is 2.37 bits per heavy atom. The summed E-state index contributed by atoms with van der Waals surface area (Å²) in [5.74, 6) is -1.33. The van der Waals surface area contributed by atoms with E-state index in [0.29, 0.717) is 0 Å². The largest absolute Gasteiger partial charge is 0.480 e. The highest BCUT2D eigenvalue weighted by Crippen LogP contribution is 2.09. The molecule has 0 radical (unpaired) electrons. The van der Waals surface area contributed by atoms with Crippen LogP contribution in [-0.2, 0) is 16.1 Å². The summed E-state index contributed by atoms with van der Waals surface area (Å²) in [6.45, 7) is 2.62. The lowest BCUT2D eigenvalue weighted by Gasteiger charge is -2.26. The van der Waals surface area contributed by atoms with E-state index in [1.165, 1.54) is 13.8 Å².